The number of carbonyl (C=O) groups is 3. The van der Waals surface area contributed by atoms with Crippen LogP contribution in [0.5, 0.6) is 0 Å². The molecule has 1 N–H and O–H groups in total. The zero-order chi connectivity index (χ0) is 21.8. The van der Waals surface area contributed by atoms with Gasteiger partial charge in [0.15, 0.2) is 6.61 Å². The van der Waals surface area contributed by atoms with Crippen LogP contribution in [0.1, 0.15) is 48.0 Å². The van der Waals surface area contributed by atoms with Gasteiger partial charge in [-0.3, -0.25) is 9.59 Å². The molecular formula is C23H29NO5S2. The van der Waals surface area contributed by atoms with E-state index in [9.17, 15) is 14.4 Å². The minimum atomic E-state index is -0.398. The second kappa shape index (κ2) is 9.86. The lowest BCUT2D eigenvalue weighted by molar-refractivity contribution is -0.155. The maximum Gasteiger partial charge on any atom is 0.337 e. The summed E-state index contributed by atoms with van der Waals surface area (Å²) in [7, 11) is 1.34. The first-order valence-corrected chi connectivity index (χ1v) is 12.9. The molecule has 4 rings (SSSR count). The number of hydrogen-bond acceptors (Lipinski definition) is 7. The van der Waals surface area contributed by atoms with Crippen LogP contribution in [0.3, 0.4) is 0 Å². The lowest BCUT2D eigenvalue weighted by Gasteiger charge is -2.51. The minimum absolute atomic E-state index is 0.0820. The maximum atomic E-state index is 12.7. The molecule has 168 valence electrons. The Balaban J connectivity index is 1.23. The highest BCUT2D eigenvalue weighted by molar-refractivity contribution is 8.21. The molecule has 0 aromatic heterocycles. The molecule has 3 atom stereocenters. The Hall–Kier alpha value is -1.67. The van der Waals surface area contributed by atoms with E-state index in [1.807, 2.05) is 0 Å². The molecule has 1 spiro atoms. The first-order chi connectivity index (χ1) is 15.0. The fraction of sp³-hybridized carbons (Fsp3) is 0.609. The zero-order valence-electron chi connectivity index (χ0n) is 17.8. The van der Waals surface area contributed by atoms with Crippen molar-refractivity contribution in [3.63, 3.8) is 0 Å². The second-order valence-electron chi connectivity index (χ2n) is 8.48. The number of thioether (sulfide) groups is 2. The molecule has 3 aliphatic rings. The number of rotatable bonds is 6. The first kappa shape index (κ1) is 22.5. The van der Waals surface area contributed by atoms with Crippen molar-refractivity contribution in [3.05, 3.63) is 35.4 Å². The van der Waals surface area contributed by atoms with Crippen LogP contribution in [0.2, 0.25) is 0 Å². The zero-order valence-corrected chi connectivity index (χ0v) is 19.4. The van der Waals surface area contributed by atoms with Crippen molar-refractivity contribution in [1.82, 2.24) is 5.32 Å². The van der Waals surface area contributed by atoms with E-state index in [4.69, 9.17) is 4.74 Å². The summed E-state index contributed by atoms with van der Waals surface area (Å²) < 4.78 is 10.4. The SMILES string of the molecule is COC(=O)c1ccc(CNC(=O)COC(=O)C2C[C@H]3CCC[C@@H](C2)C32SCCS2)cc1. The normalized spacial score (nSPS) is 26.3. The van der Waals surface area contributed by atoms with Gasteiger partial charge in [0.25, 0.3) is 5.91 Å². The van der Waals surface area contributed by atoms with Gasteiger partial charge in [0.1, 0.15) is 0 Å². The van der Waals surface area contributed by atoms with Crippen molar-refractivity contribution in [2.45, 2.75) is 42.7 Å². The number of methoxy groups -OCH3 is 1. The topological polar surface area (TPSA) is 81.7 Å². The minimum Gasteiger partial charge on any atom is -0.465 e. The highest BCUT2D eigenvalue weighted by Gasteiger charge is 2.55. The fourth-order valence-electron chi connectivity index (χ4n) is 5.18. The Labute approximate surface area is 191 Å². The van der Waals surface area contributed by atoms with Crippen molar-refractivity contribution >= 4 is 41.4 Å². The molecule has 8 heteroatoms. The molecule has 1 aliphatic heterocycles. The van der Waals surface area contributed by atoms with E-state index in [1.165, 1.54) is 37.9 Å². The molecular weight excluding hydrogens is 434 g/mol. The van der Waals surface area contributed by atoms with Gasteiger partial charge in [-0.25, -0.2) is 4.79 Å². The summed E-state index contributed by atoms with van der Waals surface area (Å²) in [5.41, 5.74) is 1.31. The van der Waals surface area contributed by atoms with Gasteiger partial charge in [0.2, 0.25) is 0 Å². The van der Waals surface area contributed by atoms with Crippen molar-refractivity contribution in [1.29, 1.82) is 0 Å². The van der Waals surface area contributed by atoms with Crippen LogP contribution >= 0.6 is 23.5 Å². The van der Waals surface area contributed by atoms with E-state index < -0.39 is 5.97 Å². The third-order valence-corrected chi connectivity index (χ3v) is 10.7. The summed E-state index contributed by atoms with van der Waals surface area (Å²) in [6.45, 7) is 0.0575. The monoisotopic (exact) mass is 463 g/mol. The number of amides is 1. The summed E-state index contributed by atoms with van der Waals surface area (Å²) in [6.07, 6.45) is 5.46. The van der Waals surface area contributed by atoms with Gasteiger partial charge in [0, 0.05) is 18.1 Å². The Bertz CT molecular complexity index is 806. The standard InChI is InChI=1S/C23H29NO5S2/c1-28-21(26)16-7-5-15(6-8-16)13-24-20(25)14-29-22(27)17-11-18-3-2-4-19(12-17)23(18)30-9-10-31-23/h5-8,17-19H,2-4,9-14H2,1H3,(H,24,25)/t17?,18-,19+. The van der Waals surface area contributed by atoms with Gasteiger partial charge in [0.05, 0.1) is 22.7 Å². The molecule has 1 heterocycles. The van der Waals surface area contributed by atoms with Crippen LogP contribution in [0, 0.1) is 17.8 Å². The molecule has 2 bridgehead atoms. The highest BCUT2D eigenvalue weighted by Crippen LogP contribution is 2.64. The van der Waals surface area contributed by atoms with Crippen molar-refractivity contribution in [2.24, 2.45) is 17.8 Å². The van der Waals surface area contributed by atoms with E-state index in [0.717, 1.165) is 18.4 Å². The average molecular weight is 464 g/mol. The predicted octanol–water partition coefficient (Wildman–Crippen LogP) is 3.64. The first-order valence-electron chi connectivity index (χ1n) is 10.9. The maximum absolute atomic E-state index is 12.7. The van der Waals surface area contributed by atoms with Gasteiger partial charge in [-0.05, 0) is 55.2 Å². The molecule has 0 radical (unpaired) electrons. The van der Waals surface area contributed by atoms with Gasteiger partial charge in [-0.1, -0.05) is 18.6 Å². The number of benzene rings is 1. The third-order valence-electron chi connectivity index (χ3n) is 6.66. The summed E-state index contributed by atoms with van der Waals surface area (Å²) >= 11 is 4.24. The van der Waals surface area contributed by atoms with E-state index in [1.54, 1.807) is 24.3 Å². The van der Waals surface area contributed by atoms with E-state index in [2.05, 4.69) is 33.6 Å². The average Bonchev–Trinajstić information content (AvgIpc) is 3.25. The predicted molar refractivity (Wildman–Crippen MR) is 122 cm³/mol. The molecule has 1 aromatic rings. The van der Waals surface area contributed by atoms with Crippen LogP contribution in [0.25, 0.3) is 0 Å². The number of esters is 2. The van der Waals surface area contributed by atoms with Crippen molar-refractivity contribution < 1.29 is 23.9 Å². The molecule has 2 saturated carbocycles. The van der Waals surface area contributed by atoms with Crippen LogP contribution < -0.4 is 5.32 Å². The summed E-state index contributed by atoms with van der Waals surface area (Å²) in [5, 5.41) is 2.76. The van der Waals surface area contributed by atoms with Gasteiger partial charge >= 0.3 is 11.9 Å². The van der Waals surface area contributed by atoms with Crippen LogP contribution in [0.15, 0.2) is 24.3 Å². The number of ether oxygens (including phenoxy) is 2. The Morgan fingerprint density at radius 3 is 2.32 bits per heavy atom. The molecule has 6 nitrogen and oxygen atoms in total. The molecule has 1 aromatic carbocycles. The van der Waals surface area contributed by atoms with Gasteiger partial charge in [-0.15, -0.1) is 23.5 Å². The molecule has 2 aliphatic carbocycles. The fourth-order valence-corrected chi connectivity index (χ4v) is 9.12. The quantitative estimate of drug-likeness (QED) is 0.645. The largest absolute Gasteiger partial charge is 0.465 e. The van der Waals surface area contributed by atoms with Crippen LogP contribution in [-0.2, 0) is 25.6 Å². The number of carbonyl (C=O) groups excluding carboxylic acids is 3. The smallest absolute Gasteiger partial charge is 0.337 e. The van der Waals surface area contributed by atoms with E-state index in [0.29, 0.717) is 28.0 Å². The van der Waals surface area contributed by atoms with E-state index >= 15 is 0 Å². The molecule has 1 saturated heterocycles. The van der Waals surface area contributed by atoms with Gasteiger partial charge in [-0.2, -0.15) is 0 Å². The third kappa shape index (κ3) is 4.90. The van der Waals surface area contributed by atoms with Crippen molar-refractivity contribution in [3.8, 4) is 0 Å². The number of nitrogens with one attached hydrogen (secondary N) is 1. The number of hydrogen-bond donors (Lipinski definition) is 1. The molecule has 3 fully saturated rings. The Morgan fingerprint density at radius 2 is 1.71 bits per heavy atom. The summed E-state index contributed by atoms with van der Waals surface area (Å²) in [4.78, 5) is 36.3. The molecule has 1 unspecified atom stereocenters. The van der Waals surface area contributed by atoms with E-state index in [-0.39, 0.29) is 24.4 Å². The van der Waals surface area contributed by atoms with Crippen LogP contribution in [0.4, 0.5) is 0 Å². The summed E-state index contributed by atoms with van der Waals surface area (Å²) in [5.74, 6) is 2.58. The van der Waals surface area contributed by atoms with Crippen molar-refractivity contribution in [2.75, 3.05) is 25.2 Å². The Morgan fingerprint density at radius 1 is 1.06 bits per heavy atom. The molecule has 31 heavy (non-hydrogen) atoms. The van der Waals surface area contributed by atoms with Crippen LogP contribution in [-0.4, -0.2) is 47.1 Å². The lowest BCUT2D eigenvalue weighted by Crippen LogP contribution is -2.48. The second-order valence-corrected chi connectivity index (χ2v) is 11.5. The van der Waals surface area contributed by atoms with Gasteiger partial charge < -0.3 is 14.8 Å². The summed E-state index contributed by atoms with van der Waals surface area (Å²) in [6, 6.07) is 6.82. The molecule has 1 amide bonds. The Kier molecular flexibility index (Phi) is 7.16. The lowest BCUT2D eigenvalue weighted by atomic mass is 9.67. The highest BCUT2D eigenvalue weighted by atomic mass is 32.2.